The van der Waals surface area contributed by atoms with Crippen LogP contribution in [0.2, 0.25) is 0 Å². The van der Waals surface area contributed by atoms with Crippen molar-refractivity contribution in [2.75, 3.05) is 11.4 Å². The summed E-state index contributed by atoms with van der Waals surface area (Å²) in [6, 6.07) is 13.0. The Morgan fingerprint density at radius 1 is 1.14 bits per heavy atom. The zero-order chi connectivity index (χ0) is 19.5. The lowest BCUT2D eigenvalue weighted by Crippen LogP contribution is -2.23. The molecule has 1 aliphatic rings. The van der Waals surface area contributed by atoms with Crippen LogP contribution in [0.1, 0.15) is 18.5 Å². The van der Waals surface area contributed by atoms with Crippen molar-refractivity contribution in [3.05, 3.63) is 65.4 Å². The van der Waals surface area contributed by atoms with E-state index in [1.165, 1.54) is 23.5 Å². The summed E-state index contributed by atoms with van der Waals surface area (Å²) in [5, 5.41) is 2.52. The molecule has 0 radical (unpaired) electrons. The SMILES string of the molecule is O=C(Cc1csc(-c2ccc(F)cc2)n1)Oc1ccc(N2CCCC2=O)cc1. The molecule has 1 fully saturated rings. The highest BCUT2D eigenvalue weighted by Crippen LogP contribution is 2.26. The number of ether oxygens (including phenoxy) is 1. The summed E-state index contributed by atoms with van der Waals surface area (Å²) >= 11 is 1.39. The molecule has 1 saturated heterocycles. The Hall–Kier alpha value is -3.06. The van der Waals surface area contributed by atoms with Crippen molar-refractivity contribution < 1.29 is 18.7 Å². The zero-order valence-electron chi connectivity index (χ0n) is 14.9. The van der Waals surface area contributed by atoms with Crippen molar-refractivity contribution in [1.82, 2.24) is 4.98 Å². The number of carbonyl (C=O) groups is 2. The number of thiazole rings is 1. The van der Waals surface area contributed by atoms with Crippen LogP contribution in [0, 0.1) is 5.82 Å². The van der Waals surface area contributed by atoms with E-state index in [2.05, 4.69) is 4.98 Å². The van der Waals surface area contributed by atoms with Gasteiger partial charge >= 0.3 is 5.97 Å². The molecule has 4 rings (SSSR count). The highest BCUT2D eigenvalue weighted by Gasteiger charge is 2.21. The minimum Gasteiger partial charge on any atom is -0.426 e. The Bertz CT molecular complexity index is 999. The lowest BCUT2D eigenvalue weighted by molar-refractivity contribution is -0.133. The fourth-order valence-electron chi connectivity index (χ4n) is 3.04. The zero-order valence-corrected chi connectivity index (χ0v) is 15.7. The van der Waals surface area contributed by atoms with E-state index in [4.69, 9.17) is 4.74 Å². The predicted molar refractivity (Wildman–Crippen MR) is 105 cm³/mol. The molecule has 2 aromatic carbocycles. The maximum absolute atomic E-state index is 13.0. The standard InChI is InChI=1S/C21H17FN2O3S/c22-15-5-3-14(4-6-15)21-23-16(13-28-21)12-20(26)27-18-9-7-17(8-10-18)24-11-1-2-19(24)25/h3-10,13H,1-2,11-12H2. The third kappa shape index (κ3) is 4.09. The normalized spacial score (nSPS) is 13.8. The van der Waals surface area contributed by atoms with Crippen LogP contribution in [-0.4, -0.2) is 23.4 Å². The summed E-state index contributed by atoms with van der Waals surface area (Å²) in [6.07, 6.45) is 1.48. The highest BCUT2D eigenvalue weighted by molar-refractivity contribution is 7.13. The molecule has 1 aromatic heterocycles. The number of amides is 1. The topological polar surface area (TPSA) is 59.5 Å². The van der Waals surface area contributed by atoms with Crippen molar-refractivity contribution in [3.63, 3.8) is 0 Å². The van der Waals surface area contributed by atoms with E-state index in [0.717, 1.165) is 29.2 Å². The monoisotopic (exact) mass is 396 g/mol. The van der Waals surface area contributed by atoms with E-state index in [1.54, 1.807) is 46.7 Å². The lowest BCUT2D eigenvalue weighted by atomic mass is 10.2. The van der Waals surface area contributed by atoms with Crippen LogP contribution in [0.4, 0.5) is 10.1 Å². The van der Waals surface area contributed by atoms with Gasteiger partial charge in [0.05, 0.1) is 12.1 Å². The van der Waals surface area contributed by atoms with E-state index in [9.17, 15) is 14.0 Å². The van der Waals surface area contributed by atoms with Gasteiger partial charge in [-0.15, -0.1) is 11.3 Å². The fourth-order valence-corrected chi connectivity index (χ4v) is 3.87. The van der Waals surface area contributed by atoms with Gasteiger partial charge in [0.1, 0.15) is 16.6 Å². The van der Waals surface area contributed by atoms with Crippen LogP contribution in [0.5, 0.6) is 5.75 Å². The molecule has 2 heterocycles. The van der Waals surface area contributed by atoms with Crippen LogP contribution >= 0.6 is 11.3 Å². The largest absolute Gasteiger partial charge is 0.426 e. The molecule has 0 bridgehead atoms. The van der Waals surface area contributed by atoms with Crippen LogP contribution in [-0.2, 0) is 16.0 Å². The molecule has 3 aromatic rings. The Balaban J connectivity index is 1.37. The molecule has 0 N–H and O–H groups in total. The van der Waals surface area contributed by atoms with Gasteiger partial charge in [-0.2, -0.15) is 0 Å². The van der Waals surface area contributed by atoms with Gasteiger partial charge in [-0.05, 0) is 55.0 Å². The molecule has 5 nitrogen and oxygen atoms in total. The maximum Gasteiger partial charge on any atom is 0.317 e. The molecule has 1 amide bonds. The van der Waals surface area contributed by atoms with E-state index in [-0.39, 0.29) is 18.1 Å². The molecule has 28 heavy (non-hydrogen) atoms. The molecule has 0 spiro atoms. The van der Waals surface area contributed by atoms with Gasteiger partial charge in [0.2, 0.25) is 5.91 Å². The fraction of sp³-hybridized carbons (Fsp3) is 0.190. The minimum atomic E-state index is -0.416. The maximum atomic E-state index is 13.0. The third-order valence-electron chi connectivity index (χ3n) is 4.42. The van der Waals surface area contributed by atoms with E-state index in [0.29, 0.717) is 17.9 Å². The summed E-state index contributed by atoms with van der Waals surface area (Å²) in [6.45, 7) is 0.720. The number of aromatic nitrogens is 1. The first-order chi connectivity index (χ1) is 13.6. The van der Waals surface area contributed by atoms with Crippen molar-refractivity contribution in [1.29, 1.82) is 0 Å². The predicted octanol–water partition coefficient (Wildman–Crippen LogP) is 4.22. The van der Waals surface area contributed by atoms with E-state index in [1.807, 2.05) is 0 Å². The van der Waals surface area contributed by atoms with Crippen LogP contribution in [0.15, 0.2) is 53.9 Å². The Labute approximate surface area is 165 Å². The van der Waals surface area contributed by atoms with Gasteiger partial charge in [0.25, 0.3) is 0 Å². The van der Waals surface area contributed by atoms with Gasteiger partial charge < -0.3 is 9.64 Å². The molecule has 0 unspecified atom stereocenters. The Morgan fingerprint density at radius 3 is 2.57 bits per heavy atom. The Morgan fingerprint density at radius 2 is 1.89 bits per heavy atom. The number of nitrogens with zero attached hydrogens (tertiary/aromatic N) is 2. The minimum absolute atomic E-state index is 0.0457. The van der Waals surface area contributed by atoms with Crippen molar-refractivity contribution >= 4 is 28.9 Å². The molecular weight excluding hydrogens is 379 g/mol. The first-order valence-corrected chi connectivity index (χ1v) is 9.78. The first kappa shape index (κ1) is 18.3. The van der Waals surface area contributed by atoms with Crippen molar-refractivity contribution in [3.8, 4) is 16.3 Å². The van der Waals surface area contributed by atoms with Gasteiger partial charge in [-0.1, -0.05) is 0 Å². The number of hydrogen-bond acceptors (Lipinski definition) is 5. The van der Waals surface area contributed by atoms with E-state index < -0.39 is 5.97 Å². The second-order valence-corrected chi connectivity index (χ2v) is 7.30. The number of halogens is 1. The average molecular weight is 396 g/mol. The highest BCUT2D eigenvalue weighted by atomic mass is 32.1. The van der Waals surface area contributed by atoms with E-state index >= 15 is 0 Å². The average Bonchev–Trinajstić information content (AvgIpc) is 3.32. The molecule has 142 valence electrons. The number of carbonyl (C=O) groups excluding carboxylic acids is 2. The van der Waals surface area contributed by atoms with Crippen LogP contribution in [0.25, 0.3) is 10.6 Å². The van der Waals surface area contributed by atoms with Gasteiger partial charge in [0.15, 0.2) is 0 Å². The number of anilines is 1. The summed E-state index contributed by atoms with van der Waals surface area (Å²) in [4.78, 5) is 30.1. The summed E-state index contributed by atoms with van der Waals surface area (Å²) in [7, 11) is 0. The number of hydrogen-bond donors (Lipinski definition) is 0. The molecule has 0 aliphatic carbocycles. The van der Waals surface area contributed by atoms with Crippen molar-refractivity contribution in [2.45, 2.75) is 19.3 Å². The Kier molecular flexibility index (Phi) is 5.16. The van der Waals surface area contributed by atoms with Gasteiger partial charge in [0, 0.05) is 29.6 Å². The van der Waals surface area contributed by atoms with Crippen molar-refractivity contribution in [2.24, 2.45) is 0 Å². The molecule has 7 heteroatoms. The number of esters is 1. The smallest absolute Gasteiger partial charge is 0.317 e. The second kappa shape index (κ2) is 7.90. The molecule has 0 saturated carbocycles. The summed E-state index contributed by atoms with van der Waals surface area (Å²) in [5.74, 6) is -0.176. The number of benzene rings is 2. The lowest BCUT2D eigenvalue weighted by Gasteiger charge is -2.15. The van der Waals surface area contributed by atoms with Gasteiger partial charge in [-0.3, -0.25) is 9.59 Å². The second-order valence-electron chi connectivity index (χ2n) is 6.44. The van der Waals surface area contributed by atoms with Crippen LogP contribution < -0.4 is 9.64 Å². The van der Waals surface area contributed by atoms with Crippen LogP contribution in [0.3, 0.4) is 0 Å². The third-order valence-corrected chi connectivity index (χ3v) is 5.36. The number of rotatable bonds is 5. The molecule has 0 atom stereocenters. The quantitative estimate of drug-likeness (QED) is 0.479. The molecular formula is C21H17FN2O3S. The summed E-state index contributed by atoms with van der Waals surface area (Å²) < 4.78 is 18.4. The molecule has 1 aliphatic heterocycles. The first-order valence-electron chi connectivity index (χ1n) is 8.90. The summed E-state index contributed by atoms with van der Waals surface area (Å²) in [5.41, 5.74) is 2.22. The van der Waals surface area contributed by atoms with Gasteiger partial charge in [-0.25, -0.2) is 9.37 Å².